The number of anilines is 1. The molecule has 1 aliphatic rings. The summed E-state index contributed by atoms with van der Waals surface area (Å²) in [5, 5.41) is 12.5. The van der Waals surface area contributed by atoms with E-state index in [1.165, 1.54) is 34.3 Å². The molecule has 0 radical (unpaired) electrons. The highest BCUT2D eigenvalue weighted by atomic mass is 19.4. The molecule has 13 nitrogen and oxygen atoms in total. The normalized spacial score (nSPS) is 13.0. The molecule has 2 aromatic heterocycles. The number of nitrogens with one attached hydrogen (secondary N) is 2. The van der Waals surface area contributed by atoms with E-state index in [4.69, 9.17) is 4.74 Å². The molecular formula is C30H25F3N8O5. The highest BCUT2D eigenvalue weighted by Crippen LogP contribution is 2.27. The van der Waals surface area contributed by atoms with Crippen LogP contribution in [0.15, 0.2) is 53.3 Å². The van der Waals surface area contributed by atoms with Crippen molar-refractivity contribution in [1.82, 2.24) is 29.9 Å². The van der Waals surface area contributed by atoms with Crippen molar-refractivity contribution < 1.29 is 32.3 Å². The maximum absolute atomic E-state index is 14.2. The van der Waals surface area contributed by atoms with Crippen LogP contribution in [0.4, 0.5) is 19.1 Å². The van der Waals surface area contributed by atoms with Crippen LogP contribution < -0.4 is 26.0 Å². The molecule has 1 saturated heterocycles. The van der Waals surface area contributed by atoms with Crippen LogP contribution in [0.25, 0.3) is 11.2 Å². The van der Waals surface area contributed by atoms with Gasteiger partial charge in [0, 0.05) is 26.2 Å². The summed E-state index contributed by atoms with van der Waals surface area (Å²) in [5.41, 5.74) is 1.82. The molecule has 1 aliphatic heterocycles. The van der Waals surface area contributed by atoms with Crippen molar-refractivity contribution in [2.75, 3.05) is 31.1 Å². The highest BCUT2D eigenvalue weighted by molar-refractivity contribution is 5.97. The molecule has 3 heterocycles. The van der Waals surface area contributed by atoms with Crippen LogP contribution in [-0.4, -0.2) is 63.3 Å². The lowest BCUT2D eigenvalue weighted by Gasteiger charge is -2.28. The number of ether oxygens (including phenoxy) is 1. The Bertz CT molecular complexity index is 1950. The molecule has 2 aromatic carbocycles. The Kier molecular flexibility index (Phi) is 9.20. The number of hydrogen-bond donors (Lipinski definition) is 2. The van der Waals surface area contributed by atoms with E-state index >= 15 is 0 Å². The molecule has 236 valence electrons. The summed E-state index contributed by atoms with van der Waals surface area (Å²) < 4.78 is 46.7. The number of nitrogens with zero attached hydrogens (tertiary/aromatic N) is 6. The smallest absolute Gasteiger partial charge is 0.425 e. The monoisotopic (exact) mass is 634 g/mol. The summed E-state index contributed by atoms with van der Waals surface area (Å²) in [6.07, 6.45) is -5.33. The first-order valence-electron chi connectivity index (χ1n) is 13.8. The number of alkyl halides is 3. The summed E-state index contributed by atoms with van der Waals surface area (Å²) in [5.74, 6) is 2.24. The predicted octanol–water partition coefficient (Wildman–Crippen LogP) is 2.49. The molecule has 0 saturated carbocycles. The van der Waals surface area contributed by atoms with Gasteiger partial charge in [0.2, 0.25) is 5.95 Å². The zero-order valence-corrected chi connectivity index (χ0v) is 24.2. The Morgan fingerprint density at radius 3 is 2.46 bits per heavy atom. The minimum atomic E-state index is -5.33. The molecular weight excluding hydrogens is 609 g/mol. The lowest BCUT2D eigenvalue weighted by Crippen LogP contribution is -2.44. The fourth-order valence-corrected chi connectivity index (χ4v) is 4.63. The Morgan fingerprint density at radius 2 is 1.78 bits per heavy atom. The van der Waals surface area contributed by atoms with Crippen molar-refractivity contribution in [3.05, 3.63) is 75.6 Å². The molecule has 0 bridgehead atoms. The van der Waals surface area contributed by atoms with Crippen molar-refractivity contribution in [3.8, 4) is 29.7 Å². The number of para-hydroxylation sites is 1. The van der Waals surface area contributed by atoms with Crippen LogP contribution in [0.1, 0.15) is 28.4 Å². The second-order valence-corrected chi connectivity index (χ2v) is 9.85. The van der Waals surface area contributed by atoms with E-state index in [0.29, 0.717) is 43.3 Å². The third-order valence-corrected chi connectivity index (χ3v) is 6.85. The maximum atomic E-state index is 14.2. The first-order chi connectivity index (χ1) is 22.1. The van der Waals surface area contributed by atoms with Crippen molar-refractivity contribution >= 4 is 29.0 Å². The second-order valence-electron chi connectivity index (χ2n) is 9.85. The number of fused-ring (bicyclic) bond motifs is 1. The average molecular weight is 635 g/mol. The zero-order valence-electron chi connectivity index (χ0n) is 24.2. The fraction of sp³-hybridized carbons (Fsp3) is 0.267. The molecule has 2 N–H and O–H groups in total. The van der Waals surface area contributed by atoms with Crippen LogP contribution in [0.3, 0.4) is 0 Å². The number of aromatic nitrogens is 4. The maximum Gasteiger partial charge on any atom is 0.493 e. The number of hydroxylamine groups is 1. The van der Waals surface area contributed by atoms with E-state index in [1.807, 2.05) is 11.0 Å². The molecule has 16 heteroatoms. The van der Waals surface area contributed by atoms with Crippen LogP contribution in [0, 0.1) is 23.2 Å². The van der Waals surface area contributed by atoms with Gasteiger partial charge in [-0.15, -0.1) is 5.92 Å². The lowest BCUT2D eigenvalue weighted by molar-refractivity contribution is -0.204. The minimum Gasteiger partial charge on any atom is -0.425 e. The van der Waals surface area contributed by atoms with Gasteiger partial charge in [0.15, 0.2) is 11.2 Å². The van der Waals surface area contributed by atoms with E-state index in [1.54, 1.807) is 35.8 Å². The molecule has 5 rings (SSSR count). The quantitative estimate of drug-likeness (QED) is 0.229. The van der Waals surface area contributed by atoms with Gasteiger partial charge in [-0.05, 0) is 36.8 Å². The van der Waals surface area contributed by atoms with Gasteiger partial charge < -0.3 is 19.8 Å². The SMILES string of the molecule is CC#CCn1c(N2CCNCC2)nc2nc(Oc3ccccc3C(=O)NOC(=O)C(F)(F)F)n(Cc3ccc(C#N)cc3)c(=O)c21. The van der Waals surface area contributed by atoms with E-state index in [9.17, 15) is 32.8 Å². The Morgan fingerprint density at radius 1 is 1.07 bits per heavy atom. The predicted molar refractivity (Wildman–Crippen MR) is 157 cm³/mol. The van der Waals surface area contributed by atoms with Gasteiger partial charge in [-0.25, -0.2) is 4.79 Å². The van der Waals surface area contributed by atoms with Crippen LogP contribution in [0.2, 0.25) is 0 Å². The van der Waals surface area contributed by atoms with Gasteiger partial charge in [0.25, 0.3) is 11.5 Å². The number of imidazole rings is 1. The van der Waals surface area contributed by atoms with Gasteiger partial charge in [0.05, 0.1) is 30.3 Å². The molecule has 4 aromatic rings. The van der Waals surface area contributed by atoms with Crippen LogP contribution in [0.5, 0.6) is 11.8 Å². The largest absolute Gasteiger partial charge is 0.493 e. The first kappa shape index (κ1) is 31.6. The van der Waals surface area contributed by atoms with Crippen molar-refractivity contribution in [3.63, 3.8) is 0 Å². The van der Waals surface area contributed by atoms with E-state index in [0.717, 1.165) is 0 Å². The number of halogens is 3. The average Bonchev–Trinajstić information content (AvgIpc) is 3.43. The summed E-state index contributed by atoms with van der Waals surface area (Å²) in [6, 6.07) is 13.6. The lowest BCUT2D eigenvalue weighted by atomic mass is 10.1. The Balaban J connectivity index is 1.61. The van der Waals surface area contributed by atoms with Gasteiger partial charge in [-0.2, -0.15) is 33.9 Å². The van der Waals surface area contributed by atoms with Crippen molar-refractivity contribution in [1.29, 1.82) is 5.26 Å². The summed E-state index contributed by atoms with van der Waals surface area (Å²) >= 11 is 0. The Labute approximate surface area is 259 Å². The molecule has 0 unspecified atom stereocenters. The zero-order chi connectivity index (χ0) is 32.8. The van der Waals surface area contributed by atoms with E-state index in [-0.39, 0.29) is 41.6 Å². The van der Waals surface area contributed by atoms with Crippen molar-refractivity contribution in [2.24, 2.45) is 0 Å². The van der Waals surface area contributed by atoms with E-state index in [2.05, 4.69) is 32.0 Å². The number of carbonyl (C=O) groups excluding carboxylic acids is 2. The van der Waals surface area contributed by atoms with Crippen LogP contribution >= 0.6 is 0 Å². The topological polar surface area (TPSA) is 156 Å². The highest BCUT2D eigenvalue weighted by Gasteiger charge is 2.42. The molecule has 0 aliphatic carbocycles. The van der Waals surface area contributed by atoms with Crippen LogP contribution in [-0.2, 0) is 22.7 Å². The number of benzene rings is 2. The third kappa shape index (κ3) is 6.77. The molecule has 46 heavy (non-hydrogen) atoms. The minimum absolute atomic E-state index is 0.0450. The van der Waals surface area contributed by atoms with Crippen molar-refractivity contribution in [2.45, 2.75) is 26.2 Å². The van der Waals surface area contributed by atoms with Gasteiger partial charge in [0.1, 0.15) is 5.75 Å². The number of rotatable bonds is 7. The third-order valence-electron chi connectivity index (χ3n) is 6.85. The summed E-state index contributed by atoms with van der Waals surface area (Å²) in [7, 11) is 0. The molecule has 1 amide bonds. The van der Waals surface area contributed by atoms with E-state index < -0.39 is 23.6 Å². The first-order valence-corrected chi connectivity index (χ1v) is 13.8. The molecule has 0 atom stereocenters. The number of nitriles is 1. The second kappa shape index (κ2) is 13.4. The molecule has 0 spiro atoms. The number of hydrogen-bond acceptors (Lipinski definition) is 10. The van der Waals surface area contributed by atoms with Gasteiger partial charge in [-0.1, -0.05) is 30.2 Å². The number of piperazine rings is 1. The number of amides is 1. The van der Waals surface area contributed by atoms with Gasteiger partial charge >= 0.3 is 18.2 Å². The Hall–Kier alpha value is -5.87. The number of carbonyl (C=O) groups is 2. The standard InChI is InChI=1S/C30H25F3N8O5/c1-2-3-14-40-23-24(36-28(40)39-15-12-35-13-16-39)37-29(41(26(23)43)18-20-10-8-19(17-34)9-11-20)45-22-7-5-4-6-21(22)25(42)38-46-27(44)30(31,32)33/h4-11,35H,12-16,18H2,1H3,(H,38,42). The molecule has 1 fully saturated rings. The fourth-order valence-electron chi connectivity index (χ4n) is 4.63. The summed E-state index contributed by atoms with van der Waals surface area (Å²) in [4.78, 5) is 53.2. The summed E-state index contributed by atoms with van der Waals surface area (Å²) in [6.45, 7) is 4.39. The van der Waals surface area contributed by atoms with Gasteiger partial charge in [-0.3, -0.25) is 18.7 Å².